The first-order chi connectivity index (χ1) is 9.83. The zero-order valence-electron chi connectivity index (χ0n) is 12.0. The molecule has 1 aliphatic heterocycles. The molecule has 2 heterocycles. The molecule has 4 heteroatoms. The van der Waals surface area contributed by atoms with E-state index in [9.17, 15) is 4.79 Å². The van der Waals surface area contributed by atoms with Crippen LogP contribution in [-0.2, 0) is 4.74 Å². The van der Waals surface area contributed by atoms with E-state index in [4.69, 9.17) is 4.74 Å². The lowest BCUT2D eigenvalue weighted by Crippen LogP contribution is -2.40. The van der Waals surface area contributed by atoms with Crippen molar-refractivity contribution >= 4 is 5.91 Å². The normalized spacial score (nSPS) is 24.5. The van der Waals surface area contributed by atoms with Gasteiger partial charge in [-0.3, -0.25) is 4.79 Å². The van der Waals surface area contributed by atoms with Crippen molar-refractivity contribution in [1.82, 2.24) is 10.3 Å². The maximum Gasteiger partial charge on any atom is 0.267 e. The highest BCUT2D eigenvalue weighted by Gasteiger charge is 2.20. The van der Waals surface area contributed by atoms with Gasteiger partial charge in [0.1, 0.15) is 5.69 Å². The van der Waals surface area contributed by atoms with Crippen LogP contribution in [0.5, 0.6) is 0 Å². The average molecular weight is 276 g/mol. The van der Waals surface area contributed by atoms with Crippen LogP contribution in [0.25, 0.3) is 0 Å². The smallest absolute Gasteiger partial charge is 0.267 e. The molecule has 1 aromatic heterocycles. The Hall–Kier alpha value is -1.29. The van der Waals surface area contributed by atoms with Crippen LogP contribution in [0.15, 0.2) is 12.1 Å². The van der Waals surface area contributed by atoms with E-state index in [1.807, 2.05) is 6.07 Å². The van der Waals surface area contributed by atoms with Crippen LogP contribution >= 0.6 is 0 Å². The molecule has 0 spiro atoms. The van der Waals surface area contributed by atoms with Crippen molar-refractivity contribution in [2.75, 3.05) is 13.2 Å². The molecule has 2 fully saturated rings. The van der Waals surface area contributed by atoms with Gasteiger partial charge in [0.2, 0.25) is 0 Å². The van der Waals surface area contributed by atoms with Gasteiger partial charge >= 0.3 is 0 Å². The lowest BCUT2D eigenvalue weighted by Gasteiger charge is -2.23. The molecular formula is C16H24N2O2. The van der Waals surface area contributed by atoms with Crippen LogP contribution in [0, 0.1) is 0 Å². The number of carbonyl (C=O) groups is 1. The van der Waals surface area contributed by atoms with Gasteiger partial charge in [-0.15, -0.1) is 0 Å². The van der Waals surface area contributed by atoms with E-state index in [0.717, 1.165) is 19.4 Å². The van der Waals surface area contributed by atoms with Crippen molar-refractivity contribution < 1.29 is 9.53 Å². The molecule has 0 radical (unpaired) electrons. The van der Waals surface area contributed by atoms with E-state index < -0.39 is 0 Å². The summed E-state index contributed by atoms with van der Waals surface area (Å²) < 4.78 is 5.39. The van der Waals surface area contributed by atoms with Crippen molar-refractivity contribution in [3.63, 3.8) is 0 Å². The van der Waals surface area contributed by atoms with Crippen molar-refractivity contribution in [3.8, 4) is 0 Å². The van der Waals surface area contributed by atoms with Crippen LogP contribution in [0.1, 0.15) is 67.0 Å². The predicted molar refractivity (Wildman–Crippen MR) is 77.9 cm³/mol. The Labute approximate surface area is 120 Å². The van der Waals surface area contributed by atoms with Crippen molar-refractivity contribution in [1.29, 1.82) is 0 Å². The van der Waals surface area contributed by atoms with E-state index in [-0.39, 0.29) is 11.9 Å². The molecule has 0 unspecified atom stereocenters. The molecule has 1 saturated carbocycles. The van der Waals surface area contributed by atoms with Gasteiger partial charge in [0.05, 0.1) is 12.6 Å². The Morgan fingerprint density at radius 2 is 2.00 bits per heavy atom. The van der Waals surface area contributed by atoms with E-state index in [0.29, 0.717) is 18.2 Å². The molecule has 1 amide bonds. The Morgan fingerprint density at radius 1 is 1.15 bits per heavy atom. The molecule has 2 N–H and O–H groups in total. The summed E-state index contributed by atoms with van der Waals surface area (Å²) in [4.78, 5) is 15.5. The minimum absolute atomic E-state index is 0.00237. The molecule has 4 nitrogen and oxygen atoms in total. The van der Waals surface area contributed by atoms with Crippen LogP contribution in [0.2, 0.25) is 0 Å². The van der Waals surface area contributed by atoms with Crippen LogP contribution in [0.4, 0.5) is 0 Å². The molecule has 1 saturated heterocycles. The van der Waals surface area contributed by atoms with Gasteiger partial charge in [0.25, 0.3) is 5.91 Å². The van der Waals surface area contributed by atoms with Gasteiger partial charge in [-0.2, -0.15) is 0 Å². The van der Waals surface area contributed by atoms with E-state index >= 15 is 0 Å². The number of hydrogen-bond acceptors (Lipinski definition) is 2. The average Bonchev–Trinajstić information content (AvgIpc) is 2.99. The number of aromatic amines is 1. The number of amides is 1. The third-order valence-corrected chi connectivity index (χ3v) is 4.49. The third-order valence-electron chi connectivity index (χ3n) is 4.49. The van der Waals surface area contributed by atoms with E-state index in [2.05, 4.69) is 16.4 Å². The number of rotatable bonds is 3. The minimum Gasteiger partial charge on any atom is -0.379 e. The highest BCUT2D eigenvalue weighted by Crippen LogP contribution is 2.31. The molecule has 20 heavy (non-hydrogen) atoms. The minimum atomic E-state index is 0.00237. The van der Waals surface area contributed by atoms with Gasteiger partial charge in [-0.05, 0) is 43.7 Å². The lowest BCUT2D eigenvalue weighted by molar-refractivity contribution is 0.0622. The number of nitrogens with one attached hydrogen (secondary N) is 2. The highest BCUT2D eigenvalue weighted by molar-refractivity contribution is 5.92. The maximum atomic E-state index is 12.2. The summed E-state index contributed by atoms with van der Waals surface area (Å²) in [6.45, 7) is 1.46. The molecule has 1 atom stereocenters. The second-order valence-electron chi connectivity index (χ2n) is 6.05. The summed E-state index contributed by atoms with van der Waals surface area (Å²) in [7, 11) is 0. The topological polar surface area (TPSA) is 54.1 Å². The largest absolute Gasteiger partial charge is 0.379 e. The first-order valence-corrected chi connectivity index (χ1v) is 7.90. The summed E-state index contributed by atoms with van der Waals surface area (Å²) in [5.41, 5.74) is 1.92. The SMILES string of the molecule is O=C(N[C@H]1CCCOC1)c1ccc(C2CCCCC2)[nH]1. The fraction of sp³-hybridized carbons (Fsp3) is 0.688. The van der Waals surface area contributed by atoms with Crippen LogP contribution in [-0.4, -0.2) is 30.1 Å². The Bertz CT molecular complexity index is 443. The van der Waals surface area contributed by atoms with Gasteiger partial charge in [-0.25, -0.2) is 0 Å². The number of carbonyl (C=O) groups excluding carboxylic acids is 1. The molecule has 3 rings (SSSR count). The van der Waals surface area contributed by atoms with Crippen molar-refractivity contribution in [2.24, 2.45) is 0 Å². The zero-order valence-corrected chi connectivity index (χ0v) is 12.0. The summed E-state index contributed by atoms with van der Waals surface area (Å²) in [5, 5.41) is 3.06. The quantitative estimate of drug-likeness (QED) is 0.891. The first-order valence-electron chi connectivity index (χ1n) is 7.90. The fourth-order valence-corrected chi connectivity index (χ4v) is 3.31. The van der Waals surface area contributed by atoms with Crippen LogP contribution < -0.4 is 5.32 Å². The molecular weight excluding hydrogens is 252 g/mol. The van der Waals surface area contributed by atoms with Gasteiger partial charge in [0, 0.05) is 12.3 Å². The lowest BCUT2D eigenvalue weighted by atomic mass is 9.87. The summed E-state index contributed by atoms with van der Waals surface area (Å²) in [6.07, 6.45) is 8.52. The molecule has 1 aliphatic carbocycles. The number of hydrogen-bond donors (Lipinski definition) is 2. The number of aromatic nitrogens is 1. The summed E-state index contributed by atoms with van der Waals surface area (Å²) in [6, 6.07) is 4.17. The highest BCUT2D eigenvalue weighted by atomic mass is 16.5. The monoisotopic (exact) mass is 276 g/mol. The Morgan fingerprint density at radius 3 is 2.75 bits per heavy atom. The van der Waals surface area contributed by atoms with Gasteiger partial charge in [0.15, 0.2) is 0 Å². The summed E-state index contributed by atoms with van der Waals surface area (Å²) >= 11 is 0. The predicted octanol–water partition coefficient (Wildman–Crippen LogP) is 2.97. The molecule has 0 aromatic carbocycles. The maximum absolute atomic E-state index is 12.2. The van der Waals surface area contributed by atoms with E-state index in [1.165, 1.54) is 37.8 Å². The Kier molecular flexibility index (Phi) is 4.41. The van der Waals surface area contributed by atoms with Crippen LogP contribution in [0.3, 0.4) is 0 Å². The second-order valence-corrected chi connectivity index (χ2v) is 6.05. The molecule has 0 bridgehead atoms. The first kappa shape index (κ1) is 13.7. The standard InChI is InChI=1S/C16H24N2O2/c19-16(17-13-7-4-10-20-11-13)15-9-8-14(18-15)12-5-2-1-3-6-12/h8-9,12-13,18H,1-7,10-11H2,(H,17,19)/t13-/m0/s1. The van der Waals surface area contributed by atoms with Crippen molar-refractivity contribution in [3.05, 3.63) is 23.5 Å². The fourth-order valence-electron chi connectivity index (χ4n) is 3.31. The van der Waals surface area contributed by atoms with Gasteiger partial charge in [-0.1, -0.05) is 19.3 Å². The number of H-pyrrole nitrogens is 1. The number of ether oxygens (including phenoxy) is 1. The molecule has 110 valence electrons. The Balaban J connectivity index is 1.58. The summed E-state index contributed by atoms with van der Waals surface area (Å²) in [5.74, 6) is 0.617. The van der Waals surface area contributed by atoms with E-state index in [1.54, 1.807) is 0 Å². The molecule has 1 aromatic rings. The second kappa shape index (κ2) is 6.44. The van der Waals surface area contributed by atoms with Crippen molar-refractivity contribution in [2.45, 2.75) is 56.9 Å². The van der Waals surface area contributed by atoms with Gasteiger partial charge < -0.3 is 15.0 Å². The third kappa shape index (κ3) is 3.23. The molecule has 2 aliphatic rings. The zero-order chi connectivity index (χ0) is 13.8.